The van der Waals surface area contributed by atoms with Gasteiger partial charge in [0.2, 0.25) is 5.91 Å². The van der Waals surface area contributed by atoms with Crippen LogP contribution in [0.1, 0.15) is 17.7 Å². The van der Waals surface area contributed by atoms with Crippen LogP contribution >= 0.6 is 34.7 Å². The van der Waals surface area contributed by atoms with Gasteiger partial charge in [0.25, 0.3) is 5.91 Å². The van der Waals surface area contributed by atoms with Crippen molar-refractivity contribution < 1.29 is 19.1 Å². The number of benzene rings is 1. The summed E-state index contributed by atoms with van der Waals surface area (Å²) in [5.74, 6) is 0.230. The number of hydrogen-bond donors (Lipinski definition) is 1. The molecular weight excluding hydrogens is 470 g/mol. The van der Waals surface area contributed by atoms with E-state index >= 15 is 0 Å². The summed E-state index contributed by atoms with van der Waals surface area (Å²) in [4.78, 5) is 32.5. The molecule has 1 atom stereocenters. The van der Waals surface area contributed by atoms with Gasteiger partial charge in [-0.05, 0) is 48.6 Å². The molecule has 168 valence electrons. The number of amides is 2. The molecule has 1 N–H and O–H groups in total. The highest BCUT2D eigenvalue weighted by Gasteiger charge is 2.33. The number of hydrogen-bond acceptors (Lipinski definition) is 7. The number of anilines is 1. The summed E-state index contributed by atoms with van der Waals surface area (Å²) in [6.45, 7) is 1.24. The van der Waals surface area contributed by atoms with Crippen molar-refractivity contribution in [2.75, 3.05) is 30.9 Å². The second-order valence-electron chi connectivity index (χ2n) is 7.13. The molecule has 1 saturated heterocycles. The maximum absolute atomic E-state index is 13.2. The van der Waals surface area contributed by atoms with E-state index in [1.54, 1.807) is 24.3 Å². The average molecular weight is 492 g/mol. The Kier molecular flexibility index (Phi) is 7.51. The van der Waals surface area contributed by atoms with Gasteiger partial charge in [-0.3, -0.25) is 14.5 Å². The van der Waals surface area contributed by atoms with Gasteiger partial charge in [-0.15, -0.1) is 11.3 Å². The van der Waals surface area contributed by atoms with Gasteiger partial charge in [0.1, 0.15) is 11.4 Å². The smallest absolute Gasteiger partial charge is 0.283 e. The van der Waals surface area contributed by atoms with E-state index in [0.717, 1.165) is 24.3 Å². The number of thioether (sulfide) groups is 1. The Morgan fingerprint density at radius 3 is 3.03 bits per heavy atom. The van der Waals surface area contributed by atoms with Crippen LogP contribution in [0.5, 0.6) is 5.75 Å². The van der Waals surface area contributed by atoms with Gasteiger partial charge in [-0.1, -0.05) is 29.4 Å². The molecule has 2 amide bonds. The number of nitrogens with zero attached hydrogens (tertiary/aromatic N) is 2. The number of carbonyl (C=O) groups excluding carboxylic acids is 2. The van der Waals surface area contributed by atoms with Crippen LogP contribution in [-0.2, 0) is 14.3 Å². The van der Waals surface area contributed by atoms with Crippen molar-refractivity contribution in [3.05, 3.63) is 51.3 Å². The summed E-state index contributed by atoms with van der Waals surface area (Å²) in [7, 11) is 1.53. The van der Waals surface area contributed by atoms with Crippen molar-refractivity contribution >= 4 is 63.4 Å². The van der Waals surface area contributed by atoms with E-state index < -0.39 is 0 Å². The van der Waals surface area contributed by atoms with Gasteiger partial charge in [0.15, 0.2) is 5.17 Å². The van der Waals surface area contributed by atoms with Crippen LogP contribution in [0, 0.1) is 0 Å². The van der Waals surface area contributed by atoms with Crippen molar-refractivity contribution in [3.63, 3.8) is 0 Å². The summed E-state index contributed by atoms with van der Waals surface area (Å²) in [6, 6.07) is 8.92. The predicted octanol–water partition coefficient (Wildman–Crippen LogP) is 4.18. The second kappa shape index (κ2) is 10.5. The third-order valence-electron chi connectivity index (χ3n) is 4.93. The molecule has 10 heteroatoms. The maximum atomic E-state index is 13.2. The van der Waals surface area contributed by atoms with Crippen molar-refractivity contribution in [1.29, 1.82) is 0 Å². The van der Waals surface area contributed by atoms with E-state index in [1.807, 2.05) is 17.5 Å². The molecule has 2 aliphatic rings. The third-order valence-corrected chi connectivity index (χ3v) is 6.98. The van der Waals surface area contributed by atoms with E-state index in [9.17, 15) is 9.59 Å². The summed E-state index contributed by atoms with van der Waals surface area (Å²) in [5, 5.41) is 5.63. The van der Waals surface area contributed by atoms with Crippen LogP contribution in [0.15, 0.2) is 46.4 Å². The van der Waals surface area contributed by atoms with Crippen molar-refractivity contribution in [2.45, 2.75) is 18.9 Å². The van der Waals surface area contributed by atoms with Crippen molar-refractivity contribution in [2.24, 2.45) is 4.99 Å². The molecule has 1 aromatic carbocycles. The van der Waals surface area contributed by atoms with Gasteiger partial charge in [0, 0.05) is 18.0 Å². The monoisotopic (exact) mass is 491 g/mol. The fourth-order valence-electron chi connectivity index (χ4n) is 3.34. The predicted molar refractivity (Wildman–Crippen MR) is 130 cm³/mol. The first-order valence-corrected chi connectivity index (χ1v) is 12.3. The number of aliphatic imine (C=N–C) groups is 1. The quantitative estimate of drug-likeness (QED) is 0.587. The van der Waals surface area contributed by atoms with Gasteiger partial charge in [0.05, 0.1) is 29.7 Å². The van der Waals surface area contributed by atoms with Crippen molar-refractivity contribution in [1.82, 2.24) is 5.32 Å². The molecule has 3 heterocycles. The summed E-state index contributed by atoms with van der Waals surface area (Å²) in [5.41, 5.74) is 0.864. The number of thiophene rings is 1. The Morgan fingerprint density at radius 2 is 2.34 bits per heavy atom. The first-order valence-electron chi connectivity index (χ1n) is 10.1. The highest BCUT2D eigenvalue weighted by Crippen LogP contribution is 2.34. The molecule has 0 bridgehead atoms. The normalized spacial score (nSPS) is 19.5. The molecule has 0 saturated carbocycles. The highest BCUT2D eigenvalue weighted by molar-refractivity contribution is 8.14. The van der Waals surface area contributed by atoms with E-state index in [1.165, 1.54) is 35.1 Å². The SMILES string of the molecule is COc1ccc(N2C(=O)/C(=C/c3cccs3)N=C2SCC(=O)NCC2CCCO2)cc1Cl. The molecule has 2 aliphatic heterocycles. The number of rotatable bonds is 7. The zero-order valence-corrected chi connectivity index (χ0v) is 19.8. The maximum Gasteiger partial charge on any atom is 0.283 e. The Balaban J connectivity index is 1.51. The summed E-state index contributed by atoms with van der Waals surface area (Å²) < 4.78 is 10.7. The van der Waals surface area contributed by atoms with Crippen LogP contribution in [0.25, 0.3) is 6.08 Å². The lowest BCUT2D eigenvalue weighted by Gasteiger charge is -2.19. The minimum absolute atomic E-state index is 0.0765. The minimum atomic E-state index is -0.276. The number of nitrogens with one attached hydrogen (secondary N) is 1. The standard InChI is InChI=1S/C22H22ClN3O4S2/c1-29-19-7-6-14(10-17(19)23)26-21(28)18(11-16-5-3-9-31-16)25-22(26)32-13-20(27)24-12-15-4-2-8-30-15/h3,5-7,9-11,15H,2,4,8,12-13H2,1H3,(H,24,27)/b18-11-. The second-order valence-corrected chi connectivity index (χ2v) is 9.46. The first kappa shape index (κ1) is 22.8. The van der Waals surface area contributed by atoms with Crippen molar-refractivity contribution in [3.8, 4) is 5.75 Å². The van der Waals surface area contributed by atoms with Crippen LogP contribution in [0.2, 0.25) is 5.02 Å². The molecule has 0 radical (unpaired) electrons. The molecule has 7 nitrogen and oxygen atoms in total. The lowest BCUT2D eigenvalue weighted by molar-refractivity contribution is -0.119. The lowest BCUT2D eigenvalue weighted by Crippen LogP contribution is -2.35. The zero-order valence-electron chi connectivity index (χ0n) is 17.4. The first-order chi connectivity index (χ1) is 15.5. The fraction of sp³-hybridized carbons (Fsp3) is 0.318. The van der Waals surface area contributed by atoms with Crippen LogP contribution in [0.3, 0.4) is 0 Å². The molecule has 2 aromatic rings. The Labute approximate surface area is 199 Å². The molecular formula is C22H22ClN3O4S2. The Morgan fingerprint density at radius 1 is 1.47 bits per heavy atom. The lowest BCUT2D eigenvalue weighted by atomic mass is 10.2. The van der Waals surface area contributed by atoms with Gasteiger partial charge >= 0.3 is 0 Å². The van der Waals surface area contributed by atoms with E-state index in [2.05, 4.69) is 10.3 Å². The fourth-order valence-corrected chi connectivity index (χ4v) is 5.08. The number of methoxy groups -OCH3 is 1. The summed E-state index contributed by atoms with van der Waals surface area (Å²) in [6.07, 6.45) is 3.80. The van der Waals surface area contributed by atoms with Gasteiger partial charge in [-0.2, -0.15) is 0 Å². The Bertz CT molecular complexity index is 1050. The molecule has 4 rings (SSSR count). The number of ether oxygens (including phenoxy) is 2. The molecule has 1 aromatic heterocycles. The Hall–Kier alpha value is -2.33. The molecule has 1 fully saturated rings. The molecule has 32 heavy (non-hydrogen) atoms. The summed E-state index contributed by atoms with van der Waals surface area (Å²) >= 11 is 9.01. The van der Waals surface area contributed by atoms with Crippen LogP contribution in [-0.4, -0.2) is 49.1 Å². The largest absolute Gasteiger partial charge is 0.495 e. The average Bonchev–Trinajstić information content (AvgIpc) is 3.54. The van der Waals surface area contributed by atoms with E-state index in [-0.39, 0.29) is 23.7 Å². The van der Waals surface area contributed by atoms with E-state index in [4.69, 9.17) is 21.1 Å². The molecule has 0 spiro atoms. The van der Waals surface area contributed by atoms with Gasteiger partial charge < -0.3 is 14.8 Å². The van der Waals surface area contributed by atoms with E-state index in [0.29, 0.717) is 33.9 Å². The number of carbonyl (C=O) groups is 2. The zero-order chi connectivity index (χ0) is 22.5. The highest BCUT2D eigenvalue weighted by atomic mass is 35.5. The third kappa shape index (κ3) is 5.35. The molecule has 0 aliphatic carbocycles. The molecule has 1 unspecified atom stereocenters. The number of amidine groups is 1. The topological polar surface area (TPSA) is 80.2 Å². The minimum Gasteiger partial charge on any atom is -0.495 e. The number of halogens is 1. The van der Waals surface area contributed by atoms with Crippen LogP contribution in [0.4, 0.5) is 5.69 Å². The van der Waals surface area contributed by atoms with Crippen LogP contribution < -0.4 is 15.0 Å². The van der Waals surface area contributed by atoms with Gasteiger partial charge in [-0.25, -0.2) is 4.99 Å².